The molecule has 4 nitrogen and oxygen atoms in total. The van der Waals surface area contributed by atoms with E-state index >= 15 is 0 Å². The van der Waals surface area contributed by atoms with E-state index in [1.807, 2.05) is 44.2 Å². The minimum atomic E-state index is 0.326. The Labute approximate surface area is 123 Å². The molecule has 0 radical (unpaired) electrons. The fourth-order valence-corrected chi connectivity index (χ4v) is 1.84. The lowest BCUT2D eigenvalue weighted by molar-refractivity contribution is 0.339. The van der Waals surface area contributed by atoms with Crippen molar-refractivity contribution in [3.05, 3.63) is 47.7 Å². The van der Waals surface area contributed by atoms with Gasteiger partial charge < -0.3 is 15.2 Å². The Morgan fingerprint density at radius 2 is 1.85 bits per heavy atom. The Balaban J connectivity index is 2.19. The zero-order valence-electron chi connectivity index (χ0n) is 11.4. The summed E-state index contributed by atoms with van der Waals surface area (Å²) in [4.78, 5) is 4.63. The van der Waals surface area contributed by atoms with Crippen molar-refractivity contribution in [2.24, 2.45) is 5.73 Å². The largest absolute Gasteiger partial charge is 0.494 e. The van der Waals surface area contributed by atoms with Gasteiger partial charge in [0.15, 0.2) is 0 Å². The topological polar surface area (TPSA) is 57.4 Å². The quantitative estimate of drug-likeness (QED) is 0.856. The minimum absolute atomic E-state index is 0.326. The van der Waals surface area contributed by atoms with Crippen LogP contribution in [-0.4, -0.2) is 16.6 Å². The molecule has 2 aromatic rings. The Hall–Kier alpha value is -2.14. The van der Waals surface area contributed by atoms with Crippen LogP contribution in [0.15, 0.2) is 36.4 Å². The summed E-state index contributed by atoms with van der Waals surface area (Å²) >= 11 is 4.97. The van der Waals surface area contributed by atoms with E-state index in [1.54, 1.807) is 6.07 Å². The highest BCUT2D eigenvalue weighted by Crippen LogP contribution is 2.23. The van der Waals surface area contributed by atoms with Gasteiger partial charge in [-0.15, -0.1) is 0 Å². The van der Waals surface area contributed by atoms with Crippen molar-refractivity contribution in [1.29, 1.82) is 0 Å². The molecule has 0 fully saturated rings. The van der Waals surface area contributed by atoms with Gasteiger partial charge >= 0.3 is 0 Å². The maximum atomic E-state index is 5.70. The fourth-order valence-electron chi connectivity index (χ4n) is 1.72. The van der Waals surface area contributed by atoms with Gasteiger partial charge in [-0.25, -0.2) is 4.98 Å². The third kappa shape index (κ3) is 3.68. The van der Waals surface area contributed by atoms with Gasteiger partial charge in [0.1, 0.15) is 16.5 Å². The third-order valence-corrected chi connectivity index (χ3v) is 2.81. The molecule has 0 saturated heterocycles. The lowest BCUT2D eigenvalue weighted by Crippen LogP contribution is -2.10. The summed E-state index contributed by atoms with van der Waals surface area (Å²) in [5.41, 5.74) is 7.18. The zero-order valence-corrected chi connectivity index (χ0v) is 12.2. The van der Waals surface area contributed by atoms with E-state index in [2.05, 4.69) is 4.98 Å². The van der Waals surface area contributed by atoms with E-state index in [0.29, 0.717) is 23.2 Å². The Morgan fingerprint density at radius 3 is 2.45 bits per heavy atom. The lowest BCUT2D eigenvalue weighted by Gasteiger charge is -2.08. The molecule has 1 aromatic carbocycles. The van der Waals surface area contributed by atoms with Crippen molar-refractivity contribution in [2.75, 3.05) is 6.61 Å². The van der Waals surface area contributed by atoms with Gasteiger partial charge in [0, 0.05) is 17.3 Å². The van der Waals surface area contributed by atoms with E-state index in [1.165, 1.54) is 0 Å². The van der Waals surface area contributed by atoms with Crippen LogP contribution < -0.4 is 15.2 Å². The molecule has 0 aliphatic rings. The van der Waals surface area contributed by atoms with Crippen molar-refractivity contribution in [3.8, 4) is 17.4 Å². The number of ether oxygens (including phenoxy) is 2. The van der Waals surface area contributed by atoms with E-state index in [9.17, 15) is 0 Å². The van der Waals surface area contributed by atoms with Crippen LogP contribution in [0.4, 0.5) is 0 Å². The summed E-state index contributed by atoms with van der Waals surface area (Å²) in [6.45, 7) is 4.45. The van der Waals surface area contributed by atoms with Crippen molar-refractivity contribution in [1.82, 2.24) is 4.98 Å². The van der Waals surface area contributed by atoms with Crippen molar-refractivity contribution in [2.45, 2.75) is 13.8 Å². The average Bonchev–Trinajstić information content (AvgIpc) is 2.40. The Morgan fingerprint density at radius 1 is 1.20 bits per heavy atom. The first-order chi connectivity index (χ1) is 9.58. The molecule has 5 heteroatoms. The number of aryl methyl sites for hydroxylation is 1. The smallest absolute Gasteiger partial charge is 0.220 e. The second kappa shape index (κ2) is 6.34. The van der Waals surface area contributed by atoms with E-state index < -0.39 is 0 Å². The number of hydrogen-bond donors (Lipinski definition) is 1. The highest BCUT2D eigenvalue weighted by atomic mass is 32.1. The summed E-state index contributed by atoms with van der Waals surface area (Å²) in [6, 6.07) is 10.9. The Bertz CT molecular complexity index is 612. The molecule has 2 rings (SSSR count). The average molecular weight is 288 g/mol. The van der Waals surface area contributed by atoms with Crippen LogP contribution in [0.2, 0.25) is 0 Å². The van der Waals surface area contributed by atoms with Crippen LogP contribution >= 0.6 is 12.2 Å². The highest BCUT2D eigenvalue weighted by molar-refractivity contribution is 7.80. The summed E-state index contributed by atoms with van der Waals surface area (Å²) in [6.07, 6.45) is 0. The third-order valence-electron chi connectivity index (χ3n) is 2.57. The van der Waals surface area contributed by atoms with Crippen LogP contribution in [0.5, 0.6) is 17.4 Å². The first-order valence-electron chi connectivity index (χ1n) is 6.27. The van der Waals surface area contributed by atoms with E-state index in [-0.39, 0.29) is 0 Å². The second-order valence-electron chi connectivity index (χ2n) is 4.21. The van der Waals surface area contributed by atoms with E-state index in [0.717, 1.165) is 17.0 Å². The number of hydrogen-bond acceptors (Lipinski definition) is 4. The summed E-state index contributed by atoms with van der Waals surface area (Å²) in [7, 11) is 0. The highest BCUT2D eigenvalue weighted by Gasteiger charge is 2.05. The molecule has 0 bridgehead atoms. The van der Waals surface area contributed by atoms with Gasteiger partial charge in [-0.1, -0.05) is 12.2 Å². The lowest BCUT2D eigenvalue weighted by atomic mass is 10.2. The van der Waals surface area contributed by atoms with Gasteiger partial charge in [0.25, 0.3) is 0 Å². The molecule has 0 aliphatic heterocycles. The molecular weight excluding hydrogens is 272 g/mol. The molecule has 0 unspecified atom stereocenters. The number of nitrogens with two attached hydrogens (primary N) is 1. The van der Waals surface area contributed by atoms with Gasteiger partial charge in [0.2, 0.25) is 5.88 Å². The number of benzene rings is 1. The second-order valence-corrected chi connectivity index (χ2v) is 4.65. The summed E-state index contributed by atoms with van der Waals surface area (Å²) in [5, 5.41) is 0. The summed E-state index contributed by atoms with van der Waals surface area (Å²) < 4.78 is 11.1. The predicted molar refractivity (Wildman–Crippen MR) is 82.5 cm³/mol. The van der Waals surface area contributed by atoms with Crippen LogP contribution in [-0.2, 0) is 0 Å². The first-order valence-corrected chi connectivity index (χ1v) is 6.68. The molecule has 20 heavy (non-hydrogen) atoms. The van der Waals surface area contributed by atoms with Crippen LogP contribution in [0.1, 0.15) is 18.2 Å². The molecule has 0 aliphatic carbocycles. The summed E-state index contributed by atoms with van der Waals surface area (Å²) in [5.74, 6) is 1.96. The molecular formula is C15H16N2O2S. The molecule has 1 aromatic heterocycles. The molecule has 104 valence electrons. The zero-order chi connectivity index (χ0) is 14.5. The van der Waals surface area contributed by atoms with Gasteiger partial charge in [-0.05, 0) is 44.2 Å². The van der Waals surface area contributed by atoms with Crippen molar-refractivity contribution >= 4 is 17.2 Å². The van der Waals surface area contributed by atoms with Gasteiger partial charge in [0.05, 0.1) is 6.61 Å². The standard InChI is InChI=1S/C15H16N2O2S/c1-3-18-12-4-6-13(7-5-12)19-14-9-11(15(16)20)8-10(2)17-14/h4-9H,3H2,1-2H3,(H2,16,20). The number of thiocarbonyl (C=S) groups is 1. The van der Waals surface area contributed by atoms with Crippen molar-refractivity contribution < 1.29 is 9.47 Å². The number of pyridine rings is 1. The normalized spacial score (nSPS) is 10.1. The van der Waals surface area contributed by atoms with Gasteiger partial charge in [-0.3, -0.25) is 0 Å². The molecule has 0 spiro atoms. The van der Waals surface area contributed by atoms with Crippen LogP contribution in [0.3, 0.4) is 0 Å². The molecule has 0 atom stereocenters. The van der Waals surface area contributed by atoms with E-state index in [4.69, 9.17) is 27.4 Å². The van der Waals surface area contributed by atoms with Gasteiger partial charge in [-0.2, -0.15) is 0 Å². The molecule has 0 saturated carbocycles. The van der Waals surface area contributed by atoms with Crippen LogP contribution in [0.25, 0.3) is 0 Å². The first kappa shape index (κ1) is 14.3. The molecule has 1 heterocycles. The Kier molecular flexibility index (Phi) is 4.53. The maximum absolute atomic E-state index is 5.70. The fraction of sp³-hybridized carbons (Fsp3) is 0.200. The molecule has 0 amide bonds. The monoisotopic (exact) mass is 288 g/mol. The number of rotatable bonds is 5. The number of aromatic nitrogens is 1. The predicted octanol–water partition coefficient (Wildman–Crippen LogP) is 3.22. The number of nitrogens with zero attached hydrogens (tertiary/aromatic N) is 1. The van der Waals surface area contributed by atoms with Crippen molar-refractivity contribution in [3.63, 3.8) is 0 Å². The maximum Gasteiger partial charge on any atom is 0.220 e. The SMILES string of the molecule is CCOc1ccc(Oc2cc(C(N)=S)cc(C)n2)cc1. The van der Waals surface area contributed by atoms with Crippen LogP contribution in [0, 0.1) is 6.92 Å². The minimum Gasteiger partial charge on any atom is -0.494 e. The molecule has 2 N–H and O–H groups in total.